The Kier molecular flexibility index (Phi) is 10.8. The summed E-state index contributed by atoms with van der Waals surface area (Å²) in [6.07, 6.45) is -4.81. The second-order valence-electron chi connectivity index (χ2n) is 10.8. The Morgan fingerprint density at radius 2 is 1.06 bits per heavy atom. The first-order chi connectivity index (χ1) is 23.3. The molecule has 10 N–H and O–H groups in total. The van der Waals surface area contributed by atoms with Gasteiger partial charge in [-0.1, -0.05) is 0 Å². The standard InChI is InChI=1S/C23H32N10O12P2S2/c24-18-12-20(28-6-26-18)32(8-30-12)22-16(36)14(34)10(44-22)4-42-46(38,48)40-2-1-3-41-47(39,49)43-5-11-15(35)17(37)23(45-11)33-9-31-13-19(25)27-7-29-21(13)33/h6-11,14-17,22-23,34-37H,1-5H2,(H,38,48)(H,39,49)(H2,24,26,28)(H2,25,27,29). The predicted octanol–water partition coefficient (Wildman–Crippen LogP) is -2.04. The van der Waals surface area contributed by atoms with E-state index in [9.17, 15) is 30.2 Å². The molecule has 10 atom stereocenters. The van der Waals surface area contributed by atoms with Crippen LogP contribution in [-0.2, 0) is 51.2 Å². The van der Waals surface area contributed by atoms with Crippen LogP contribution in [0.3, 0.4) is 0 Å². The highest BCUT2D eigenvalue weighted by molar-refractivity contribution is 8.07. The minimum atomic E-state index is -3.83. The van der Waals surface area contributed by atoms with E-state index in [1.54, 1.807) is 0 Å². The average molecular weight is 767 g/mol. The molecule has 4 aromatic heterocycles. The largest absolute Gasteiger partial charge is 0.387 e. The molecule has 22 nitrogen and oxygen atoms in total. The molecule has 4 aromatic rings. The number of hydrogen-bond acceptors (Lipinski definition) is 20. The summed E-state index contributed by atoms with van der Waals surface area (Å²) in [5, 5.41) is 42.2. The maximum absolute atomic E-state index is 10.6. The van der Waals surface area contributed by atoms with Crippen molar-refractivity contribution in [2.24, 2.45) is 0 Å². The minimum absolute atomic E-state index is 0.0920. The van der Waals surface area contributed by atoms with Gasteiger partial charge in [0.25, 0.3) is 0 Å². The summed E-state index contributed by atoms with van der Waals surface area (Å²) in [6, 6.07) is 0. The van der Waals surface area contributed by atoms with Gasteiger partial charge >= 0.3 is 13.4 Å². The third-order valence-electron chi connectivity index (χ3n) is 7.60. The maximum atomic E-state index is 10.6. The molecule has 6 heterocycles. The van der Waals surface area contributed by atoms with E-state index < -0.39 is 75.7 Å². The number of nitrogens with zero attached hydrogens (tertiary/aromatic N) is 8. The summed E-state index contributed by atoms with van der Waals surface area (Å²) in [5.41, 5.74) is 12.7. The molecule has 0 radical (unpaired) electrons. The van der Waals surface area contributed by atoms with Gasteiger partial charge in [0, 0.05) is 0 Å². The van der Waals surface area contributed by atoms with E-state index in [0.717, 1.165) is 0 Å². The van der Waals surface area contributed by atoms with Gasteiger partial charge in [0.2, 0.25) is 0 Å². The smallest absolute Gasteiger partial charge is 0.324 e. The zero-order valence-electron chi connectivity index (χ0n) is 25.0. The number of fused-ring (bicyclic) bond motifs is 2. The average Bonchev–Trinajstić information content (AvgIpc) is 3.81. The second kappa shape index (κ2) is 14.6. The Hall–Kier alpha value is -2.48. The zero-order chi connectivity index (χ0) is 35.1. The summed E-state index contributed by atoms with van der Waals surface area (Å²) in [7, 11) is 0. The summed E-state index contributed by atoms with van der Waals surface area (Å²) < 4.78 is 35.5. The molecule has 49 heavy (non-hydrogen) atoms. The van der Waals surface area contributed by atoms with E-state index in [1.807, 2.05) is 0 Å². The van der Waals surface area contributed by atoms with Gasteiger partial charge in [-0.3, -0.25) is 9.13 Å². The third kappa shape index (κ3) is 7.74. The summed E-state index contributed by atoms with van der Waals surface area (Å²) in [5.74, 6) is 0.257. The lowest BCUT2D eigenvalue weighted by Gasteiger charge is -2.21. The Morgan fingerprint density at radius 3 is 1.47 bits per heavy atom. The highest BCUT2D eigenvalue weighted by Crippen LogP contribution is 2.47. The number of aromatic nitrogens is 8. The first-order valence-corrected chi connectivity index (χ1v) is 19.6. The SMILES string of the molecule is Nc1ncnc2c1ncn2C1OC(COP(O)(=S)OCCCOP(O)(=S)OCC2OC(n3cnc4c(N)ncnc43)C(O)C2O)C(O)C1O. The van der Waals surface area contributed by atoms with E-state index in [2.05, 4.69) is 29.9 Å². The molecule has 0 saturated carbocycles. The van der Waals surface area contributed by atoms with E-state index in [1.165, 1.54) is 34.4 Å². The van der Waals surface area contributed by atoms with Crippen LogP contribution in [0.4, 0.5) is 11.6 Å². The van der Waals surface area contributed by atoms with Crippen LogP contribution in [0.5, 0.6) is 0 Å². The monoisotopic (exact) mass is 766 g/mol. The molecule has 2 aliphatic heterocycles. The van der Waals surface area contributed by atoms with Gasteiger partial charge in [0.05, 0.1) is 39.1 Å². The molecular formula is C23H32N10O12P2S2. The van der Waals surface area contributed by atoms with Gasteiger partial charge in [-0.15, -0.1) is 0 Å². The normalized spacial score (nSPS) is 29.8. The van der Waals surface area contributed by atoms with Crippen LogP contribution in [0, 0.1) is 0 Å². The first kappa shape index (κ1) is 36.3. The molecule has 0 amide bonds. The van der Waals surface area contributed by atoms with Crippen molar-refractivity contribution in [3.63, 3.8) is 0 Å². The maximum Gasteiger partial charge on any atom is 0.324 e. The first-order valence-electron chi connectivity index (χ1n) is 14.4. The Balaban J connectivity index is 0.918. The molecule has 6 rings (SSSR count). The van der Waals surface area contributed by atoms with Crippen LogP contribution in [-0.4, -0.2) is 132 Å². The second-order valence-corrected chi connectivity index (χ2v) is 16.5. The number of nitrogen functional groups attached to an aromatic ring is 2. The van der Waals surface area contributed by atoms with Crippen LogP contribution in [0.2, 0.25) is 0 Å². The third-order valence-corrected chi connectivity index (χ3v) is 10.8. The highest BCUT2D eigenvalue weighted by Gasteiger charge is 2.46. The fourth-order valence-electron chi connectivity index (χ4n) is 5.13. The van der Waals surface area contributed by atoms with Gasteiger partial charge in [-0.05, 0) is 30.0 Å². The molecule has 0 aromatic carbocycles. The quantitative estimate of drug-likeness (QED) is 0.0506. The number of imidazole rings is 2. The fraction of sp³-hybridized carbons (Fsp3) is 0.565. The Labute approximate surface area is 286 Å². The number of ether oxygens (including phenoxy) is 2. The number of hydrogen-bond donors (Lipinski definition) is 8. The lowest BCUT2D eigenvalue weighted by Crippen LogP contribution is -2.33. The van der Waals surface area contributed by atoms with Crippen molar-refractivity contribution in [2.45, 2.75) is 55.5 Å². The Bertz CT molecular complexity index is 1760. The van der Waals surface area contributed by atoms with Crippen LogP contribution in [0.1, 0.15) is 18.9 Å². The van der Waals surface area contributed by atoms with Crippen molar-refractivity contribution < 1.29 is 57.8 Å². The molecule has 26 heteroatoms. The number of rotatable bonds is 14. The predicted molar refractivity (Wildman–Crippen MR) is 173 cm³/mol. The van der Waals surface area contributed by atoms with Gasteiger partial charge in [-0.2, -0.15) is 0 Å². The molecule has 2 saturated heterocycles. The molecule has 2 fully saturated rings. The highest BCUT2D eigenvalue weighted by atomic mass is 32.5. The van der Waals surface area contributed by atoms with E-state index in [0.29, 0.717) is 0 Å². The van der Waals surface area contributed by atoms with Crippen molar-refractivity contribution in [3.8, 4) is 0 Å². The van der Waals surface area contributed by atoms with Crippen LogP contribution < -0.4 is 11.5 Å². The van der Waals surface area contributed by atoms with E-state index in [4.69, 9.17) is 62.6 Å². The van der Waals surface area contributed by atoms with Crippen LogP contribution in [0.15, 0.2) is 25.3 Å². The summed E-state index contributed by atoms with van der Waals surface area (Å²) in [6.45, 7) is -8.85. The molecule has 268 valence electrons. The zero-order valence-corrected chi connectivity index (χ0v) is 28.5. The molecule has 10 unspecified atom stereocenters. The molecule has 0 spiro atoms. The number of nitrogens with two attached hydrogens (primary N) is 2. The molecule has 0 bridgehead atoms. The number of aliphatic hydroxyl groups is 4. The lowest BCUT2D eigenvalue weighted by molar-refractivity contribution is -0.0497. The topological polar surface area (TPSA) is 316 Å². The van der Waals surface area contributed by atoms with E-state index in [-0.39, 0.29) is 53.6 Å². The van der Waals surface area contributed by atoms with Gasteiger partial charge < -0.3 is 69.2 Å². The van der Waals surface area contributed by atoms with Crippen LogP contribution in [0.25, 0.3) is 22.3 Å². The number of anilines is 2. The van der Waals surface area contributed by atoms with E-state index >= 15 is 0 Å². The van der Waals surface area contributed by atoms with Crippen LogP contribution >= 0.6 is 13.4 Å². The van der Waals surface area contributed by atoms with Gasteiger partial charge in [0.1, 0.15) is 60.3 Å². The van der Waals surface area contributed by atoms with Gasteiger partial charge in [0.15, 0.2) is 35.4 Å². The number of aliphatic hydroxyl groups excluding tert-OH is 4. The van der Waals surface area contributed by atoms with Crippen molar-refractivity contribution in [1.82, 2.24) is 39.0 Å². The fourth-order valence-corrected chi connectivity index (χ4v) is 7.49. The van der Waals surface area contributed by atoms with Crippen molar-refractivity contribution in [1.29, 1.82) is 0 Å². The summed E-state index contributed by atoms with van der Waals surface area (Å²) >= 11 is 10.0. The van der Waals surface area contributed by atoms with Crippen molar-refractivity contribution >= 4 is 71.0 Å². The van der Waals surface area contributed by atoms with Crippen molar-refractivity contribution in [2.75, 3.05) is 37.9 Å². The minimum Gasteiger partial charge on any atom is -0.387 e. The molecular weight excluding hydrogens is 734 g/mol. The van der Waals surface area contributed by atoms with Gasteiger partial charge in [-0.25, -0.2) is 29.9 Å². The van der Waals surface area contributed by atoms with Crippen molar-refractivity contribution in [3.05, 3.63) is 25.3 Å². The lowest BCUT2D eigenvalue weighted by atomic mass is 10.1. The molecule has 2 aliphatic rings. The summed E-state index contributed by atoms with van der Waals surface area (Å²) in [4.78, 5) is 45.0. The Morgan fingerprint density at radius 1 is 0.653 bits per heavy atom. The molecule has 0 aliphatic carbocycles.